The second-order valence-corrected chi connectivity index (χ2v) is 10.7. The van der Waals surface area contributed by atoms with Crippen molar-refractivity contribution >= 4 is 29.0 Å². The van der Waals surface area contributed by atoms with Gasteiger partial charge in [-0.1, -0.05) is 78.5 Å². The first-order chi connectivity index (χ1) is 19.4. The number of thiazole rings is 1. The molecule has 0 radical (unpaired) electrons. The van der Waals surface area contributed by atoms with Crippen LogP contribution in [0.25, 0.3) is 5.69 Å². The first kappa shape index (κ1) is 27.6. The Morgan fingerprint density at radius 3 is 2.38 bits per heavy atom. The molecule has 40 heavy (non-hydrogen) atoms. The van der Waals surface area contributed by atoms with Gasteiger partial charge in [0.2, 0.25) is 0 Å². The van der Waals surface area contributed by atoms with Gasteiger partial charge in [0, 0.05) is 18.3 Å². The molecular weight excluding hydrogens is 555 g/mol. The third-order valence-corrected chi connectivity index (χ3v) is 7.96. The summed E-state index contributed by atoms with van der Waals surface area (Å²) in [6.07, 6.45) is -3.36. The fourth-order valence-electron chi connectivity index (χ4n) is 4.03. The van der Waals surface area contributed by atoms with Gasteiger partial charge in [0.1, 0.15) is 16.5 Å². The number of hydrogen-bond acceptors (Lipinski definition) is 6. The molecule has 0 saturated heterocycles. The third-order valence-electron chi connectivity index (χ3n) is 5.99. The summed E-state index contributed by atoms with van der Waals surface area (Å²) in [7, 11) is 0. The van der Waals surface area contributed by atoms with Crippen molar-refractivity contribution in [2.24, 2.45) is 0 Å². The Labute approximate surface area is 237 Å². The lowest BCUT2D eigenvalue weighted by atomic mass is 10.1. The summed E-state index contributed by atoms with van der Waals surface area (Å²) in [4.78, 5) is 17.0. The summed E-state index contributed by atoms with van der Waals surface area (Å²) < 4.78 is 42.1. The van der Waals surface area contributed by atoms with Crippen LogP contribution in [0.2, 0.25) is 0 Å². The summed E-state index contributed by atoms with van der Waals surface area (Å²) in [5.41, 5.74) is 2.00. The maximum atomic E-state index is 13.5. The number of alkyl halides is 3. The Bertz CT molecular complexity index is 1570. The van der Waals surface area contributed by atoms with E-state index >= 15 is 0 Å². The lowest BCUT2D eigenvalue weighted by Gasteiger charge is -2.13. The van der Waals surface area contributed by atoms with E-state index in [1.165, 1.54) is 29.2 Å². The number of carbonyl (C=O) groups is 1. The molecule has 0 spiro atoms. The van der Waals surface area contributed by atoms with Crippen molar-refractivity contribution in [1.82, 2.24) is 25.1 Å². The number of aromatic nitrogens is 4. The number of nitrogens with zero attached hydrogens (tertiary/aromatic N) is 4. The highest BCUT2D eigenvalue weighted by Crippen LogP contribution is 2.33. The number of carbonyl (C=O) groups excluding carboxylic acids is 1. The molecule has 0 unspecified atom stereocenters. The largest absolute Gasteiger partial charge is 0.416 e. The zero-order valence-corrected chi connectivity index (χ0v) is 22.8. The van der Waals surface area contributed by atoms with Crippen molar-refractivity contribution in [3.63, 3.8) is 0 Å². The second kappa shape index (κ2) is 12.5. The van der Waals surface area contributed by atoms with Gasteiger partial charge in [-0.2, -0.15) is 13.2 Å². The number of thioether (sulfide) groups is 1. The third kappa shape index (κ3) is 6.97. The number of benzene rings is 3. The number of nitrogens with one attached hydrogen (secondary N) is 1. The average molecular weight is 580 g/mol. The Morgan fingerprint density at radius 2 is 1.65 bits per heavy atom. The van der Waals surface area contributed by atoms with Gasteiger partial charge in [0.05, 0.1) is 17.0 Å². The fourth-order valence-corrected chi connectivity index (χ4v) is 5.79. The maximum Gasteiger partial charge on any atom is 0.416 e. The lowest BCUT2D eigenvalue weighted by Crippen LogP contribution is -2.26. The van der Waals surface area contributed by atoms with Crippen LogP contribution in [-0.2, 0) is 24.8 Å². The first-order valence-corrected chi connectivity index (χ1v) is 14.3. The van der Waals surface area contributed by atoms with Gasteiger partial charge in [-0.15, -0.1) is 21.5 Å². The van der Waals surface area contributed by atoms with Crippen molar-refractivity contribution in [3.8, 4) is 5.69 Å². The Hall–Kier alpha value is -3.96. The van der Waals surface area contributed by atoms with E-state index < -0.39 is 11.7 Å². The Balaban J connectivity index is 1.31. The van der Waals surface area contributed by atoms with Gasteiger partial charge in [0.15, 0.2) is 5.16 Å². The normalized spacial score (nSPS) is 11.5. The van der Waals surface area contributed by atoms with Crippen molar-refractivity contribution in [2.75, 3.05) is 6.54 Å². The van der Waals surface area contributed by atoms with Crippen molar-refractivity contribution in [2.45, 2.75) is 29.9 Å². The second-order valence-electron chi connectivity index (χ2n) is 8.85. The SMILES string of the molecule is O=C(NCCc1ccccc1)c1csc(CSc2nnc(Cc3ccccc3)n2-c2cccc(C(F)(F)F)c2)n1. The molecular formula is C29H24F3N5OS2. The van der Waals surface area contributed by atoms with Crippen LogP contribution in [0.4, 0.5) is 13.2 Å². The molecule has 1 N–H and O–H groups in total. The van der Waals surface area contributed by atoms with Crippen LogP contribution in [0.1, 0.15) is 38.0 Å². The predicted octanol–water partition coefficient (Wildman–Crippen LogP) is 6.60. The highest BCUT2D eigenvalue weighted by Gasteiger charge is 2.31. The number of halogens is 3. The lowest BCUT2D eigenvalue weighted by molar-refractivity contribution is -0.137. The molecule has 0 atom stereocenters. The van der Waals surface area contributed by atoms with Gasteiger partial charge in [-0.25, -0.2) is 4.98 Å². The van der Waals surface area contributed by atoms with Crippen LogP contribution >= 0.6 is 23.1 Å². The molecule has 3 aromatic carbocycles. The summed E-state index contributed by atoms with van der Waals surface area (Å²) >= 11 is 2.65. The molecule has 6 nitrogen and oxygen atoms in total. The number of hydrogen-bond donors (Lipinski definition) is 1. The Morgan fingerprint density at radius 1 is 0.925 bits per heavy atom. The van der Waals surface area contributed by atoms with Crippen LogP contribution in [0, 0.1) is 0 Å². The van der Waals surface area contributed by atoms with Crippen molar-refractivity contribution < 1.29 is 18.0 Å². The fraction of sp³-hybridized carbons (Fsp3) is 0.172. The van der Waals surface area contributed by atoms with Gasteiger partial charge in [-0.3, -0.25) is 9.36 Å². The molecule has 0 saturated carbocycles. The zero-order valence-electron chi connectivity index (χ0n) is 21.1. The van der Waals surface area contributed by atoms with Crippen LogP contribution in [-0.4, -0.2) is 32.2 Å². The first-order valence-electron chi connectivity index (χ1n) is 12.4. The predicted molar refractivity (Wildman–Crippen MR) is 150 cm³/mol. The van der Waals surface area contributed by atoms with Gasteiger partial charge in [0.25, 0.3) is 5.91 Å². The van der Waals surface area contributed by atoms with Crippen LogP contribution in [0.5, 0.6) is 0 Å². The van der Waals surface area contributed by atoms with Gasteiger partial charge in [-0.05, 0) is 35.7 Å². The summed E-state index contributed by atoms with van der Waals surface area (Å²) in [5.74, 6) is 0.649. The molecule has 0 aliphatic heterocycles. The minimum absolute atomic E-state index is 0.249. The summed E-state index contributed by atoms with van der Waals surface area (Å²) in [5, 5.41) is 14.3. The van der Waals surface area contributed by atoms with Crippen LogP contribution in [0.3, 0.4) is 0 Å². The number of rotatable bonds is 10. The Kier molecular flexibility index (Phi) is 8.61. The highest BCUT2D eigenvalue weighted by molar-refractivity contribution is 7.98. The molecule has 1 amide bonds. The van der Waals surface area contributed by atoms with E-state index in [1.807, 2.05) is 60.7 Å². The van der Waals surface area contributed by atoms with E-state index in [1.54, 1.807) is 16.0 Å². The van der Waals surface area contributed by atoms with Gasteiger partial charge < -0.3 is 5.32 Å². The quantitative estimate of drug-likeness (QED) is 0.189. The summed E-state index contributed by atoms with van der Waals surface area (Å²) in [6, 6.07) is 24.6. The molecule has 0 aliphatic rings. The molecule has 2 heterocycles. The van der Waals surface area contributed by atoms with Crippen molar-refractivity contribution in [3.05, 3.63) is 124 Å². The van der Waals surface area contributed by atoms with Crippen molar-refractivity contribution in [1.29, 1.82) is 0 Å². The van der Waals surface area contributed by atoms with E-state index in [0.717, 1.165) is 29.7 Å². The van der Waals surface area contributed by atoms with Crippen LogP contribution < -0.4 is 5.32 Å². The zero-order chi connectivity index (χ0) is 28.0. The summed E-state index contributed by atoms with van der Waals surface area (Å²) in [6.45, 7) is 0.495. The highest BCUT2D eigenvalue weighted by atomic mass is 32.2. The molecule has 204 valence electrons. The monoisotopic (exact) mass is 579 g/mol. The molecule has 5 aromatic rings. The van der Waals surface area contributed by atoms with E-state index in [0.29, 0.717) is 46.1 Å². The van der Waals surface area contributed by atoms with Gasteiger partial charge >= 0.3 is 6.18 Å². The molecule has 5 rings (SSSR count). The molecule has 0 fully saturated rings. The van der Waals surface area contributed by atoms with E-state index in [2.05, 4.69) is 20.5 Å². The smallest absolute Gasteiger partial charge is 0.350 e. The van der Waals surface area contributed by atoms with E-state index in [4.69, 9.17) is 0 Å². The minimum Gasteiger partial charge on any atom is -0.350 e. The topological polar surface area (TPSA) is 72.7 Å². The number of amides is 1. The van der Waals surface area contributed by atoms with E-state index in [-0.39, 0.29) is 5.91 Å². The minimum atomic E-state index is -4.48. The van der Waals surface area contributed by atoms with Crippen LogP contribution in [0.15, 0.2) is 95.5 Å². The molecule has 0 aliphatic carbocycles. The standard InChI is InChI=1S/C29H24F3N5OS2/c30-29(31,32)22-12-7-13-23(17-22)37-25(16-21-10-5-2-6-11-21)35-36-28(37)40-19-26-34-24(18-39-26)27(38)33-15-14-20-8-3-1-4-9-20/h1-13,17-18H,14-16,19H2,(H,33,38). The molecule has 0 bridgehead atoms. The maximum absolute atomic E-state index is 13.5. The van der Waals surface area contributed by atoms with E-state index in [9.17, 15) is 18.0 Å². The molecule has 11 heteroatoms. The molecule has 2 aromatic heterocycles. The average Bonchev–Trinajstić information content (AvgIpc) is 3.60.